The summed E-state index contributed by atoms with van der Waals surface area (Å²) in [6.07, 6.45) is 1.67. The number of rotatable bonds is 4. The average molecular weight is 367 g/mol. The second kappa shape index (κ2) is 7.19. The van der Waals surface area contributed by atoms with Gasteiger partial charge in [-0.05, 0) is 36.7 Å². The SMILES string of the molecule is COc1ccc([C@@H]2[C@@H]3CN(C(=O)Cn4ccccc4=O)C[C@@H]3CN2C)cc1. The van der Waals surface area contributed by atoms with Gasteiger partial charge < -0.3 is 14.2 Å². The second-order valence-corrected chi connectivity index (χ2v) is 7.55. The Labute approximate surface area is 159 Å². The van der Waals surface area contributed by atoms with Crippen molar-refractivity contribution in [1.82, 2.24) is 14.4 Å². The van der Waals surface area contributed by atoms with Gasteiger partial charge in [0, 0.05) is 43.9 Å². The molecule has 2 saturated heterocycles. The minimum absolute atomic E-state index is 0.0221. The van der Waals surface area contributed by atoms with Gasteiger partial charge in [-0.3, -0.25) is 14.5 Å². The molecule has 2 fully saturated rings. The molecule has 0 unspecified atom stereocenters. The van der Waals surface area contributed by atoms with Crippen molar-refractivity contribution in [1.29, 1.82) is 0 Å². The predicted molar refractivity (Wildman–Crippen MR) is 103 cm³/mol. The number of carbonyl (C=O) groups excluding carboxylic acids is 1. The van der Waals surface area contributed by atoms with Gasteiger partial charge in [0.2, 0.25) is 5.91 Å². The van der Waals surface area contributed by atoms with Crippen LogP contribution in [0.1, 0.15) is 11.6 Å². The van der Waals surface area contributed by atoms with E-state index in [1.165, 1.54) is 16.2 Å². The van der Waals surface area contributed by atoms with Crippen molar-refractivity contribution in [3.8, 4) is 5.75 Å². The molecule has 3 atom stereocenters. The van der Waals surface area contributed by atoms with Crippen LogP contribution in [0, 0.1) is 11.8 Å². The van der Waals surface area contributed by atoms with Crippen molar-refractivity contribution < 1.29 is 9.53 Å². The van der Waals surface area contributed by atoms with Crippen molar-refractivity contribution in [2.24, 2.45) is 11.8 Å². The Morgan fingerprint density at radius 1 is 1.11 bits per heavy atom. The maximum absolute atomic E-state index is 12.7. The first-order valence-corrected chi connectivity index (χ1v) is 9.34. The van der Waals surface area contributed by atoms with E-state index in [0.717, 1.165) is 25.4 Å². The van der Waals surface area contributed by atoms with E-state index in [1.807, 2.05) is 17.0 Å². The molecule has 0 N–H and O–H groups in total. The van der Waals surface area contributed by atoms with Crippen LogP contribution in [0.25, 0.3) is 0 Å². The van der Waals surface area contributed by atoms with Gasteiger partial charge in [-0.15, -0.1) is 0 Å². The molecular weight excluding hydrogens is 342 g/mol. The molecular formula is C21H25N3O3. The highest BCUT2D eigenvalue weighted by molar-refractivity contribution is 5.76. The van der Waals surface area contributed by atoms with Crippen LogP contribution in [0.4, 0.5) is 0 Å². The van der Waals surface area contributed by atoms with Gasteiger partial charge in [-0.1, -0.05) is 18.2 Å². The van der Waals surface area contributed by atoms with Crippen LogP contribution in [0.5, 0.6) is 5.75 Å². The van der Waals surface area contributed by atoms with E-state index in [-0.39, 0.29) is 18.0 Å². The third-order valence-corrected chi connectivity index (χ3v) is 5.91. The summed E-state index contributed by atoms with van der Waals surface area (Å²) in [7, 11) is 3.83. The second-order valence-electron chi connectivity index (χ2n) is 7.55. The van der Waals surface area contributed by atoms with Gasteiger partial charge in [0.25, 0.3) is 5.56 Å². The zero-order chi connectivity index (χ0) is 19.0. The lowest BCUT2D eigenvalue weighted by atomic mass is 9.89. The van der Waals surface area contributed by atoms with Crippen molar-refractivity contribution in [3.05, 3.63) is 64.6 Å². The topological polar surface area (TPSA) is 54.8 Å². The minimum atomic E-state index is -0.138. The number of carbonyl (C=O) groups is 1. The maximum atomic E-state index is 12.7. The maximum Gasteiger partial charge on any atom is 0.250 e. The fraction of sp³-hybridized carbons (Fsp3) is 0.429. The molecule has 0 saturated carbocycles. The normalized spacial score (nSPS) is 24.8. The van der Waals surface area contributed by atoms with Crippen molar-refractivity contribution in [3.63, 3.8) is 0 Å². The number of ether oxygens (including phenoxy) is 1. The fourth-order valence-electron chi connectivity index (χ4n) is 4.60. The van der Waals surface area contributed by atoms with Crippen molar-refractivity contribution >= 4 is 5.91 Å². The van der Waals surface area contributed by atoms with E-state index in [1.54, 1.807) is 25.4 Å². The summed E-state index contributed by atoms with van der Waals surface area (Å²) in [6.45, 7) is 2.60. The number of likely N-dealkylation sites (tertiary alicyclic amines) is 2. The van der Waals surface area contributed by atoms with Gasteiger partial charge in [0.15, 0.2) is 0 Å². The van der Waals surface area contributed by atoms with E-state index >= 15 is 0 Å². The fourth-order valence-corrected chi connectivity index (χ4v) is 4.60. The van der Waals surface area contributed by atoms with Crippen LogP contribution in [-0.4, -0.2) is 54.1 Å². The summed E-state index contributed by atoms with van der Waals surface area (Å²) in [5.41, 5.74) is 1.13. The zero-order valence-electron chi connectivity index (χ0n) is 15.7. The molecule has 2 aliphatic rings. The number of pyridine rings is 1. The lowest BCUT2D eigenvalue weighted by molar-refractivity contribution is -0.131. The third kappa shape index (κ3) is 3.37. The Kier molecular flexibility index (Phi) is 4.74. The lowest BCUT2D eigenvalue weighted by Gasteiger charge is -2.27. The summed E-state index contributed by atoms with van der Waals surface area (Å²) < 4.78 is 6.74. The number of nitrogens with zero attached hydrogens (tertiary/aromatic N) is 3. The van der Waals surface area contributed by atoms with Crippen molar-refractivity contribution in [2.45, 2.75) is 12.6 Å². The number of benzene rings is 1. The number of aromatic nitrogens is 1. The number of hydrogen-bond acceptors (Lipinski definition) is 4. The molecule has 4 rings (SSSR count). The van der Waals surface area contributed by atoms with Gasteiger partial charge >= 0.3 is 0 Å². The van der Waals surface area contributed by atoms with E-state index in [4.69, 9.17) is 4.74 Å². The molecule has 142 valence electrons. The molecule has 1 aromatic carbocycles. The van der Waals surface area contributed by atoms with Crippen LogP contribution in [0.15, 0.2) is 53.5 Å². The molecule has 27 heavy (non-hydrogen) atoms. The molecule has 0 radical (unpaired) electrons. The van der Waals surface area contributed by atoms with Crippen LogP contribution < -0.4 is 10.3 Å². The van der Waals surface area contributed by atoms with E-state index < -0.39 is 0 Å². The Morgan fingerprint density at radius 3 is 2.59 bits per heavy atom. The Balaban J connectivity index is 1.48. The molecule has 1 aromatic heterocycles. The first-order valence-electron chi connectivity index (χ1n) is 9.34. The van der Waals surface area contributed by atoms with Crippen molar-refractivity contribution in [2.75, 3.05) is 33.8 Å². The highest BCUT2D eigenvalue weighted by atomic mass is 16.5. The summed E-state index contributed by atoms with van der Waals surface area (Å²) in [6, 6.07) is 13.5. The molecule has 2 aromatic rings. The molecule has 6 nitrogen and oxygen atoms in total. The Hall–Kier alpha value is -2.60. The number of fused-ring (bicyclic) bond motifs is 1. The number of hydrogen-bond donors (Lipinski definition) is 0. The summed E-state index contributed by atoms with van der Waals surface area (Å²) >= 11 is 0. The first-order chi connectivity index (χ1) is 13.1. The van der Waals surface area contributed by atoms with Crippen LogP contribution >= 0.6 is 0 Å². The molecule has 3 heterocycles. The van der Waals surface area contributed by atoms with Crippen LogP contribution in [0.3, 0.4) is 0 Å². The Morgan fingerprint density at radius 2 is 1.89 bits per heavy atom. The van der Waals surface area contributed by atoms with E-state index in [9.17, 15) is 9.59 Å². The highest BCUT2D eigenvalue weighted by Crippen LogP contribution is 2.44. The van der Waals surface area contributed by atoms with Gasteiger partial charge in [0.1, 0.15) is 12.3 Å². The summed E-state index contributed by atoms with van der Waals surface area (Å²) in [5.74, 6) is 1.76. The van der Waals surface area contributed by atoms with E-state index in [2.05, 4.69) is 24.1 Å². The monoisotopic (exact) mass is 367 g/mol. The standard InChI is InChI=1S/C21H25N3O3/c1-22-11-16-12-24(20(26)14-23-10-4-3-5-19(23)25)13-18(16)21(22)15-6-8-17(27-2)9-7-15/h3-10,16,18,21H,11-14H2,1-2H3/t16-,18+,21+/m0/s1. The smallest absolute Gasteiger partial charge is 0.250 e. The number of methoxy groups -OCH3 is 1. The number of amides is 1. The minimum Gasteiger partial charge on any atom is -0.497 e. The van der Waals surface area contributed by atoms with Crippen LogP contribution in [0.2, 0.25) is 0 Å². The molecule has 1 amide bonds. The van der Waals surface area contributed by atoms with Crippen LogP contribution in [-0.2, 0) is 11.3 Å². The summed E-state index contributed by atoms with van der Waals surface area (Å²) in [4.78, 5) is 28.9. The first kappa shape index (κ1) is 17.8. The zero-order valence-corrected chi connectivity index (χ0v) is 15.7. The molecule has 2 aliphatic heterocycles. The quantitative estimate of drug-likeness (QED) is 0.824. The van der Waals surface area contributed by atoms with Gasteiger partial charge in [-0.2, -0.15) is 0 Å². The molecule has 0 aliphatic carbocycles. The average Bonchev–Trinajstić information content (AvgIpc) is 3.20. The summed E-state index contributed by atoms with van der Waals surface area (Å²) in [5, 5.41) is 0. The highest BCUT2D eigenvalue weighted by Gasteiger charge is 2.47. The van der Waals surface area contributed by atoms with Gasteiger partial charge in [0.05, 0.1) is 7.11 Å². The molecule has 0 bridgehead atoms. The largest absolute Gasteiger partial charge is 0.497 e. The van der Waals surface area contributed by atoms with E-state index in [0.29, 0.717) is 17.9 Å². The third-order valence-electron chi connectivity index (χ3n) is 5.91. The molecule has 0 spiro atoms. The molecule has 6 heteroatoms. The lowest BCUT2D eigenvalue weighted by Crippen LogP contribution is -2.37. The Bertz CT molecular complexity index is 877. The predicted octanol–water partition coefficient (Wildman–Crippen LogP) is 1.62. The van der Waals surface area contributed by atoms with Gasteiger partial charge in [-0.25, -0.2) is 0 Å².